The molecular formula is C32H24ClN9. The predicted molar refractivity (Wildman–Crippen MR) is 159 cm³/mol. The third kappa shape index (κ3) is 5.45. The number of anilines is 2. The van der Waals surface area contributed by atoms with Crippen LogP contribution in [0.25, 0.3) is 10.9 Å². The van der Waals surface area contributed by atoms with Crippen LogP contribution in [0.2, 0.25) is 5.02 Å². The Kier molecular flexibility index (Phi) is 7.04. The third-order valence-electron chi connectivity index (χ3n) is 7.10. The zero-order valence-electron chi connectivity index (χ0n) is 23.3. The summed E-state index contributed by atoms with van der Waals surface area (Å²) in [6, 6.07) is 24.6. The molecular weight excluding hydrogens is 546 g/mol. The maximum atomic E-state index is 10.00. The summed E-state index contributed by atoms with van der Waals surface area (Å²) in [7, 11) is 0. The van der Waals surface area contributed by atoms with Crippen LogP contribution in [0.15, 0.2) is 79.1 Å². The molecule has 0 radical (unpaired) electrons. The van der Waals surface area contributed by atoms with Crippen LogP contribution in [0.3, 0.4) is 0 Å². The van der Waals surface area contributed by atoms with Gasteiger partial charge in [-0.05, 0) is 48.2 Å². The SMILES string of the molecule is [2H]C(Nc1cc(Cl)c2ncc(C#N)c(NC(CC#N)c3ccccc3)c2c1)(c1cccc(C#N)c1)c1cn(C2CC2)nn1. The number of hydrogen-bond acceptors (Lipinski definition) is 8. The lowest BCUT2D eigenvalue weighted by atomic mass is 10.0. The predicted octanol–water partition coefficient (Wildman–Crippen LogP) is 6.83. The summed E-state index contributed by atoms with van der Waals surface area (Å²) in [6.07, 6.45) is 5.38. The van der Waals surface area contributed by atoms with E-state index in [9.17, 15) is 17.2 Å². The maximum absolute atomic E-state index is 10.00. The Balaban J connectivity index is 1.48. The number of pyridine rings is 1. The van der Waals surface area contributed by atoms with Crippen molar-refractivity contribution in [2.75, 3.05) is 10.6 Å². The van der Waals surface area contributed by atoms with E-state index in [-0.39, 0.29) is 18.0 Å². The highest BCUT2D eigenvalue weighted by molar-refractivity contribution is 6.35. The Morgan fingerprint density at radius 2 is 1.81 bits per heavy atom. The van der Waals surface area contributed by atoms with Gasteiger partial charge >= 0.3 is 0 Å². The van der Waals surface area contributed by atoms with Crippen LogP contribution in [0.5, 0.6) is 0 Å². The highest BCUT2D eigenvalue weighted by Gasteiger charge is 2.27. The molecule has 1 aliphatic rings. The lowest BCUT2D eigenvalue weighted by molar-refractivity contribution is 0.610. The first-order chi connectivity index (χ1) is 20.9. The van der Waals surface area contributed by atoms with E-state index in [0.717, 1.165) is 18.4 Å². The lowest BCUT2D eigenvalue weighted by Gasteiger charge is -2.22. The van der Waals surface area contributed by atoms with Crippen molar-refractivity contribution in [1.29, 1.82) is 15.8 Å². The maximum Gasteiger partial charge on any atom is 0.109 e. The molecule has 42 heavy (non-hydrogen) atoms. The highest BCUT2D eigenvalue weighted by Crippen LogP contribution is 2.38. The number of fused-ring (bicyclic) bond motifs is 1. The number of benzene rings is 3. The van der Waals surface area contributed by atoms with Crippen LogP contribution in [0.1, 0.15) is 66.7 Å². The fraction of sp³-hybridized carbons (Fsp3) is 0.188. The molecule has 2 heterocycles. The van der Waals surface area contributed by atoms with Crippen molar-refractivity contribution < 1.29 is 1.37 Å². The Labute approximate surface area is 249 Å². The third-order valence-corrected chi connectivity index (χ3v) is 7.39. The van der Waals surface area contributed by atoms with E-state index < -0.39 is 12.1 Å². The summed E-state index contributed by atoms with van der Waals surface area (Å²) in [5, 5.41) is 45.3. The monoisotopic (exact) mass is 570 g/mol. The smallest absolute Gasteiger partial charge is 0.109 e. The largest absolute Gasteiger partial charge is 0.376 e. The van der Waals surface area contributed by atoms with E-state index in [0.29, 0.717) is 44.1 Å². The molecule has 9 nitrogen and oxygen atoms in total. The van der Waals surface area contributed by atoms with E-state index in [1.54, 1.807) is 47.3 Å². The standard InChI is InChI=1S/C32H24ClN9/c33-27-15-24(38-31(22-8-4-5-20(13-22)16-35)29-19-42(41-40-29)25-9-10-25)14-26-30(23(17-36)18-37-32(26)27)39-28(11-12-34)21-6-2-1-3-7-21/h1-8,13-15,18-19,25,28,31,38H,9-11H2,(H,37,39)/i31D. The summed E-state index contributed by atoms with van der Waals surface area (Å²) in [6.45, 7) is 0. The van der Waals surface area contributed by atoms with Gasteiger partial charge in [-0.3, -0.25) is 4.98 Å². The molecule has 1 aliphatic carbocycles. The molecule has 0 bridgehead atoms. The molecule has 6 rings (SSSR count). The van der Waals surface area contributed by atoms with Gasteiger partial charge in [0.25, 0.3) is 0 Å². The van der Waals surface area contributed by atoms with Crippen molar-refractivity contribution in [3.63, 3.8) is 0 Å². The molecule has 1 saturated carbocycles. The van der Waals surface area contributed by atoms with Gasteiger partial charge < -0.3 is 10.6 Å². The molecule has 0 spiro atoms. The average Bonchev–Trinajstić information content (AvgIpc) is 3.76. The van der Waals surface area contributed by atoms with Crippen molar-refractivity contribution in [1.82, 2.24) is 20.0 Å². The molecule has 0 saturated heterocycles. The van der Waals surface area contributed by atoms with E-state index in [4.69, 9.17) is 11.6 Å². The highest BCUT2D eigenvalue weighted by atomic mass is 35.5. The number of aromatic nitrogens is 4. The molecule has 204 valence electrons. The van der Waals surface area contributed by atoms with Gasteiger partial charge in [0.05, 0.1) is 71.6 Å². The Hall–Kier alpha value is -5.43. The van der Waals surface area contributed by atoms with Gasteiger partial charge in [-0.25, -0.2) is 4.68 Å². The first-order valence-electron chi connectivity index (χ1n) is 13.9. The summed E-state index contributed by atoms with van der Waals surface area (Å²) < 4.78 is 11.4. The minimum absolute atomic E-state index is 0.159. The van der Waals surface area contributed by atoms with Gasteiger partial charge in [0, 0.05) is 17.3 Å². The van der Waals surface area contributed by atoms with E-state index in [1.807, 2.05) is 30.3 Å². The molecule has 2 N–H and O–H groups in total. The quantitative estimate of drug-likeness (QED) is 0.196. The van der Waals surface area contributed by atoms with Crippen LogP contribution in [-0.4, -0.2) is 20.0 Å². The summed E-state index contributed by atoms with van der Waals surface area (Å²) in [4.78, 5) is 4.45. The summed E-state index contributed by atoms with van der Waals surface area (Å²) >= 11 is 6.77. The molecule has 3 aromatic carbocycles. The second kappa shape index (κ2) is 11.6. The number of hydrogen-bond donors (Lipinski definition) is 2. The number of nitrogens with zero attached hydrogens (tertiary/aromatic N) is 7. The molecule has 0 aliphatic heterocycles. The van der Waals surface area contributed by atoms with Crippen LogP contribution in [0, 0.1) is 34.0 Å². The average molecular weight is 571 g/mol. The van der Waals surface area contributed by atoms with Crippen LogP contribution < -0.4 is 10.6 Å². The summed E-state index contributed by atoms with van der Waals surface area (Å²) in [5.41, 5.74) is 3.82. The van der Waals surface area contributed by atoms with Crippen LogP contribution >= 0.6 is 11.6 Å². The molecule has 1 fully saturated rings. The van der Waals surface area contributed by atoms with Crippen molar-refractivity contribution >= 4 is 33.9 Å². The topological polar surface area (TPSA) is 139 Å². The lowest BCUT2D eigenvalue weighted by Crippen LogP contribution is -2.14. The molecule has 2 unspecified atom stereocenters. The van der Waals surface area contributed by atoms with Gasteiger partial charge in [0.1, 0.15) is 11.8 Å². The zero-order chi connectivity index (χ0) is 30.0. The van der Waals surface area contributed by atoms with Gasteiger partial charge in [-0.1, -0.05) is 59.3 Å². The minimum Gasteiger partial charge on any atom is -0.376 e. The second-order valence-corrected chi connectivity index (χ2v) is 10.4. The van der Waals surface area contributed by atoms with Gasteiger partial charge in [-0.2, -0.15) is 15.8 Å². The van der Waals surface area contributed by atoms with E-state index in [1.165, 1.54) is 6.20 Å². The van der Waals surface area contributed by atoms with E-state index in [2.05, 4.69) is 44.1 Å². The molecule has 2 aromatic heterocycles. The van der Waals surface area contributed by atoms with Crippen molar-refractivity contribution in [3.8, 4) is 18.2 Å². The Morgan fingerprint density at radius 3 is 2.55 bits per heavy atom. The van der Waals surface area contributed by atoms with Crippen molar-refractivity contribution in [2.45, 2.75) is 37.4 Å². The second-order valence-electron chi connectivity index (χ2n) is 9.99. The van der Waals surface area contributed by atoms with Crippen LogP contribution in [0.4, 0.5) is 11.4 Å². The first kappa shape index (κ1) is 25.5. The van der Waals surface area contributed by atoms with Crippen molar-refractivity contribution in [2.24, 2.45) is 0 Å². The van der Waals surface area contributed by atoms with Gasteiger partial charge in [0.2, 0.25) is 0 Å². The molecule has 2 atom stereocenters. The summed E-state index contributed by atoms with van der Waals surface area (Å²) in [5.74, 6) is 0. The number of rotatable bonds is 9. The fourth-order valence-corrected chi connectivity index (χ4v) is 5.12. The molecule has 10 heteroatoms. The normalized spacial score (nSPS) is 15.0. The number of nitriles is 3. The van der Waals surface area contributed by atoms with Crippen molar-refractivity contribution in [3.05, 3.63) is 112 Å². The van der Waals surface area contributed by atoms with Crippen LogP contribution in [-0.2, 0) is 0 Å². The molecule has 0 amide bonds. The van der Waals surface area contributed by atoms with Gasteiger partial charge in [-0.15, -0.1) is 5.10 Å². The van der Waals surface area contributed by atoms with Gasteiger partial charge in [0.15, 0.2) is 0 Å². The minimum atomic E-state index is -1.64. The Bertz CT molecular complexity index is 1950. The molecule has 5 aromatic rings. The fourth-order valence-electron chi connectivity index (χ4n) is 4.86. The number of nitrogens with one attached hydrogen (secondary N) is 2. The zero-order valence-corrected chi connectivity index (χ0v) is 23.0. The van der Waals surface area contributed by atoms with E-state index >= 15 is 0 Å². The first-order valence-corrected chi connectivity index (χ1v) is 13.7. The number of halogens is 1. The Morgan fingerprint density at radius 1 is 1.00 bits per heavy atom.